The van der Waals surface area contributed by atoms with Crippen LogP contribution in [0.2, 0.25) is 0 Å². The van der Waals surface area contributed by atoms with Crippen LogP contribution in [0.5, 0.6) is 0 Å². The molecule has 134 valence electrons. The maximum atomic E-state index is 13.4. The summed E-state index contributed by atoms with van der Waals surface area (Å²) in [6, 6.07) is 10.1. The number of aromatic nitrogens is 3. The van der Waals surface area contributed by atoms with Gasteiger partial charge >= 0.3 is 0 Å². The van der Waals surface area contributed by atoms with Gasteiger partial charge in [-0.1, -0.05) is 12.1 Å². The summed E-state index contributed by atoms with van der Waals surface area (Å²) in [5, 5.41) is 4.54. The number of nitrogens with zero attached hydrogens (tertiary/aromatic N) is 4. The Balaban J connectivity index is 1.64. The van der Waals surface area contributed by atoms with Crippen molar-refractivity contribution in [1.82, 2.24) is 19.5 Å². The molecule has 0 unspecified atom stereocenters. The van der Waals surface area contributed by atoms with Gasteiger partial charge in [-0.15, -0.1) is 0 Å². The van der Waals surface area contributed by atoms with Crippen LogP contribution in [0, 0.1) is 12.7 Å². The average Bonchev–Trinajstić information content (AvgIpc) is 3.02. The number of likely N-dealkylation sites (tertiary alicyclic amines) is 1. The maximum Gasteiger partial charge on any atom is 0.227 e. The fourth-order valence-corrected chi connectivity index (χ4v) is 3.74. The molecule has 1 aliphatic heterocycles. The molecule has 1 amide bonds. The van der Waals surface area contributed by atoms with Crippen molar-refractivity contribution in [2.24, 2.45) is 0 Å². The number of piperidine rings is 1. The number of aryl methyl sites for hydroxylation is 1. The van der Waals surface area contributed by atoms with Gasteiger partial charge in [0.25, 0.3) is 0 Å². The van der Waals surface area contributed by atoms with Crippen LogP contribution >= 0.6 is 0 Å². The Morgan fingerprint density at radius 1 is 1.27 bits per heavy atom. The topological polar surface area (TPSA) is 50.5 Å². The van der Waals surface area contributed by atoms with Crippen molar-refractivity contribution in [3.8, 4) is 0 Å². The van der Waals surface area contributed by atoms with E-state index in [-0.39, 0.29) is 24.2 Å². The molecule has 0 radical (unpaired) electrons. The van der Waals surface area contributed by atoms with Crippen LogP contribution < -0.4 is 0 Å². The molecule has 0 N–H and O–H groups in total. The number of halogens is 1. The van der Waals surface area contributed by atoms with Crippen molar-refractivity contribution in [3.63, 3.8) is 0 Å². The van der Waals surface area contributed by atoms with Gasteiger partial charge in [-0.2, -0.15) is 5.10 Å². The highest BCUT2D eigenvalue weighted by molar-refractivity contribution is 5.79. The molecule has 1 atom stereocenters. The first-order chi connectivity index (χ1) is 12.6. The lowest BCUT2D eigenvalue weighted by Crippen LogP contribution is -2.40. The Morgan fingerprint density at radius 2 is 2.15 bits per heavy atom. The molecule has 1 fully saturated rings. The normalized spacial score (nSPS) is 17.6. The second-order valence-electron chi connectivity index (χ2n) is 6.83. The summed E-state index contributed by atoms with van der Waals surface area (Å²) < 4.78 is 15.3. The first-order valence-electron chi connectivity index (χ1n) is 8.97. The van der Waals surface area contributed by atoms with E-state index in [0.29, 0.717) is 12.1 Å². The number of rotatable bonds is 3. The number of carbonyl (C=O) groups is 1. The smallest absolute Gasteiger partial charge is 0.227 e. The summed E-state index contributed by atoms with van der Waals surface area (Å²) in [7, 11) is 0. The van der Waals surface area contributed by atoms with Gasteiger partial charge in [-0.25, -0.2) is 13.9 Å². The monoisotopic (exact) mass is 352 g/mol. The number of amides is 1. The molecule has 0 spiro atoms. The molecule has 5 nitrogen and oxygen atoms in total. The van der Waals surface area contributed by atoms with Gasteiger partial charge in [-0.05, 0) is 49.9 Å². The van der Waals surface area contributed by atoms with Crippen LogP contribution in [-0.4, -0.2) is 31.9 Å². The molecule has 0 saturated carbocycles. The van der Waals surface area contributed by atoms with Gasteiger partial charge in [0, 0.05) is 18.8 Å². The average molecular weight is 352 g/mol. The molecule has 1 saturated heterocycles. The summed E-state index contributed by atoms with van der Waals surface area (Å²) in [6.07, 6.45) is 4.93. The lowest BCUT2D eigenvalue weighted by atomic mass is 9.98. The zero-order valence-corrected chi connectivity index (χ0v) is 14.7. The Labute approximate surface area is 151 Å². The van der Waals surface area contributed by atoms with E-state index in [2.05, 4.69) is 10.1 Å². The van der Waals surface area contributed by atoms with Crippen molar-refractivity contribution in [2.75, 3.05) is 6.54 Å². The van der Waals surface area contributed by atoms with E-state index in [1.807, 2.05) is 28.5 Å². The fourth-order valence-electron chi connectivity index (χ4n) is 3.74. The van der Waals surface area contributed by atoms with Crippen LogP contribution in [0.1, 0.15) is 42.3 Å². The Morgan fingerprint density at radius 3 is 3.00 bits per heavy atom. The van der Waals surface area contributed by atoms with Gasteiger partial charge in [0.2, 0.25) is 5.91 Å². The third kappa shape index (κ3) is 3.19. The van der Waals surface area contributed by atoms with Crippen LogP contribution in [0.15, 0.2) is 42.6 Å². The molecule has 2 aromatic heterocycles. The molecule has 3 aromatic rings. The van der Waals surface area contributed by atoms with Crippen molar-refractivity contribution in [1.29, 1.82) is 0 Å². The molecule has 0 aliphatic carbocycles. The lowest BCUT2D eigenvalue weighted by Gasteiger charge is -2.36. The van der Waals surface area contributed by atoms with Crippen molar-refractivity contribution < 1.29 is 9.18 Å². The molecule has 1 aromatic carbocycles. The minimum Gasteiger partial charge on any atom is -0.334 e. The lowest BCUT2D eigenvalue weighted by molar-refractivity contribution is -0.134. The molecule has 6 heteroatoms. The highest BCUT2D eigenvalue weighted by Gasteiger charge is 2.30. The molecule has 26 heavy (non-hydrogen) atoms. The summed E-state index contributed by atoms with van der Waals surface area (Å²) >= 11 is 0. The molecule has 4 rings (SSSR count). The summed E-state index contributed by atoms with van der Waals surface area (Å²) in [6.45, 7) is 2.65. The van der Waals surface area contributed by atoms with E-state index in [9.17, 15) is 9.18 Å². The third-order valence-corrected chi connectivity index (χ3v) is 4.92. The van der Waals surface area contributed by atoms with E-state index in [0.717, 1.165) is 36.3 Å². The van der Waals surface area contributed by atoms with Gasteiger partial charge in [-0.3, -0.25) is 4.79 Å². The predicted molar refractivity (Wildman–Crippen MR) is 96.1 cm³/mol. The van der Waals surface area contributed by atoms with E-state index in [1.54, 1.807) is 18.3 Å². The molecular weight excluding hydrogens is 331 g/mol. The number of fused-ring (bicyclic) bond motifs is 1. The number of carbonyl (C=O) groups excluding carboxylic acids is 1. The summed E-state index contributed by atoms with van der Waals surface area (Å²) in [5.74, 6) is -0.289. The van der Waals surface area contributed by atoms with Crippen molar-refractivity contribution in [2.45, 2.75) is 38.6 Å². The SMILES string of the molecule is Cc1cc2nccc([C@@H]3CCCCN3C(=O)Cc3cccc(F)c3)n2n1. The van der Waals surface area contributed by atoms with Gasteiger partial charge < -0.3 is 4.90 Å². The molecule has 0 bridgehead atoms. The molecule has 1 aliphatic rings. The van der Waals surface area contributed by atoms with Crippen LogP contribution in [0.4, 0.5) is 4.39 Å². The predicted octanol–water partition coefficient (Wildman–Crippen LogP) is 3.47. The van der Waals surface area contributed by atoms with Crippen LogP contribution in [-0.2, 0) is 11.2 Å². The van der Waals surface area contributed by atoms with E-state index < -0.39 is 0 Å². The third-order valence-electron chi connectivity index (χ3n) is 4.92. The van der Waals surface area contributed by atoms with Crippen molar-refractivity contribution in [3.05, 3.63) is 65.4 Å². The maximum absolute atomic E-state index is 13.4. The quantitative estimate of drug-likeness (QED) is 0.725. The van der Waals surface area contributed by atoms with E-state index in [1.165, 1.54) is 12.1 Å². The zero-order valence-electron chi connectivity index (χ0n) is 14.7. The number of benzene rings is 1. The van der Waals surface area contributed by atoms with Gasteiger partial charge in [0.1, 0.15) is 5.82 Å². The highest BCUT2D eigenvalue weighted by Crippen LogP contribution is 2.31. The summed E-state index contributed by atoms with van der Waals surface area (Å²) in [5.41, 5.74) is 3.38. The molecular formula is C20H21FN4O. The van der Waals surface area contributed by atoms with Crippen molar-refractivity contribution >= 4 is 11.6 Å². The van der Waals surface area contributed by atoms with Crippen LogP contribution in [0.25, 0.3) is 5.65 Å². The number of hydrogen-bond donors (Lipinski definition) is 0. The largest absolute Gasteiger partial charge is 0.334 e. The number of hydrogen-bond acceptors (Lipinski definition) is 3. The minimum absolute atomic E-state index is 0.0224. The minimum atomic E-state index is -0.312. The highest BCUT2D eigenvalue weighted by atomic mass is 19.1. The van der Waals surface area contributed by atoms with Crippen LogP contribution in [0.3, 0.4) is 0 Å². The Bertz CT molecular complexity index is 952. The zero-order chi connectivity index (χ0) is 18.1. The Kier molecular flexibility index (Phi) is 4.41. The van der Waals surface area contributed by atoms with E-state index in [4.69, 9.17) is 0 Å². The standard InChI is InChI=1S/C20H21FN4O/c1-14-11-19-22-9-8-18(25(19)23-14)17-7-2-3-10-24(17)20(26)13-15-5-4-6-16(21)12-15/h4-6,8-9,11-12,17H,2-3,7,10,13H2,1H3/t17-/m0/s1. The second-order valence-corrected chi connectivity index (χ2v) is 6.83. The van der Waals surface area contributed by atoms with Gasteiger partial charge in [0.15, 0.2) is 5.65 Å². The molecule has 3 heterocycles. The van der Waals surface area contributed by atoms with E-state index >= 15 is 0 Å². The Hall–Kier alpha value is -2.76. The second kappa shape index (κ2) is 6.86. The fraction of sp³-hybridized carbons (Fsp3) is 0.350. The summed E-state index contributed by atoms with van der Waals surface area (Å²) in [4.78, 5) is 19.2. The first kappa shape index (κ1) is 16.7. The van der Waals surface area contributed by atoms with Gasteiger partial charge in [0.05, 0.1) is 23.9 Å². The first-order valence-corrected chi connectivity index (χ1v) is 8.97.